The fourth-order valence-corrected chi connectivity index (χ4v) is 4.68. The molecule has 0 aliphatic heterocycles. The number of aliphatic hydroxyl groups is 2. The van der Waals surface area contributed by atoms with E-state index >= 15 is 0 Å². The number of hydrogen-bond donors (Lipinski definition) is 4. The van der Waals surface area contributed by atoms with E-state index in [1.165, 1.54) is 12.1 Å². The highest BCUT2D eigenvalue weighted by Crippen LogP contribution is 2.37. The summed E-state index contributed by atoms with van der Waals surface area (Å²) in [5.74, 6) is -3.25. The van der Waals surface area contributed by atoms with Crippen molar-refractivity contribution in [3.05, 3.63) is 68.1 Å². The number of halogens is 9. The maximum atomic E-state index is 14.1. The summed E-state index contributed by atoms with van der Waals surface area (Å²) in [5, 5.41) is 22.2. The van der Waals surface area contributed by atoms with Crippen molar-refractivity contribution in [2.75, 3.05) is 19.1 Å². The molecule has 43 heavy (non-hydrogen) atoms. The lowest BCUT2D eigenvalue weighted by atomic mass is 9.86. The third-order valence-corrected chi connectivity index (χ3v) is 7.01. The van der Waals surface area contributed by atoms with Crippen LogP contribution in [0.1, 0.15) is 44.7 Å². The molecule has 2 aromatic carbocycles. The second-order valence-electron chi connectivity index (χ2n) is 10.0. The molecule has 0 saturated heterocycles. The van der Waals surface area contributed by atoms with E-state index in [-0.39, 0.29) is 0 Å². The Morgan fingerprint density at radius 3 is 1.56 bits per heavy atom. The number of benzene rings is 2. The van der Waals surface area contributed by atoms with Gasteiger partial charge in [-0.1, -0.05) is 31.9 Å². The van der Waals surface area contributed by atoms with Gasteiger partial charge in [-0.05, 0) is 57.2 Å². The van der Waals surface area contributed by atoms with E-state index in [4.69, 9.17) is 26.6 Å². The van der Waals surface area contributed by atoms with Crippen LogP contribution in [-0.4, -0.2) is 59.8 Å². The Labute approximate surface area is 266 Å². The number of hydrogen-bond acceptors (Lipinski definition) is 5. The third kappa shape index (κ3) is 10.8. The van der Waals surface area contributed by atoms with E-state index in [1.54, 1.807) is 20.8 Å². The normalized spacial score (nSPS) is 14.3. The molecule has 0 fully saturated rings. The Bertz CT molecular complexity index is 1240. The Morgan fingerprint density at radius 1 is 0.837 bits per heavy atom. The molecule has 4 N–H and O–H groups in total. The summed E-state index contributed by atoms with van der Waals surface area (Å²) in [5.41, 5.74) is -6.47. The molecule has 0 aromatic heterocycles. The summed E-state index contributed by atoms with van der Waals surface area (Å²) in [6, 6.07) is 6.99. The van der Waals surface area contributed by atoms with Gasteiger partial charge in [0.15, 0.2) is 0 Å². The van der Waals surface area contributed by atoms with Crippen LogP contribution >= 0.6 is 43.5 Å². The highest BCUT2D eigenvalue weighted by molar-refractivity contribution is 9.10. The second kappa shape index (κ2) is 16.8. The molecule has 0 spiro atoms. The van der Waals surface area contributed by atoms with E-state index in [0.29, 0.717) is 8.95 Å². The zero-order chi connectivity index (χ0) is 33.2. The van der Waals surface area contributed by atoms with Gasteiger partial charge in [0, 0.05) is 46.1 Å². The van der Waals surface area contributed by atoms with Gasteiger partial charge in [0.05, 0.1) is 0 Å². The quantitative estimate of drug-likeness (QED) is 0.150. The largest absolute Gasteiger partial charge is 0.444 e. The maximum absolute atomic E-state index is 14.1. The van der Waals surface area contributed by atoms with E-state index in [2.05, 4.69) is 31.9 Å². The van der Waals surface area contributed by atoms with Crippen molar-refractivity contribution in [2.45, 2.75) is 63.1 Å². The Morgan fingerprint density at radius 2 is 1.23 bits per heavy atom. The monoisotopic (exact) mass is 770 g/mol. The molecular weight excluding hydrogens is 742 g/mol. The molecule has 0 radical (unpaired) electrons. The minimum Gasteiger partial charge on any atom is -0.444 e. The number of nitrogens with one attached hydrogen (secondary N) is 2. The number of carbonyl (C=O) groups excluding carboxylic acids is 2. The summed E-state index contributed by atoms with van der Waals surface area (Å²) in [6.07, 6.45) is -8.51. The lowest BCUT2D eigenvalue weighted by Gasteiger charge is -2.35. The summed E-state index contributed by atoms with van der Waals surface area (Å²) in [4.78, 5) is 23.3. The summed E-state index contributed by atoms with van der Waals surface area (Å²) in [6.45, 7) is 3.39. The highest BCUT2D eigenvalue weighted by atomic mass is 79.9. The predicted molar refractivity (Wildman–Crippen MR) is 155 cm³/mol. The molecule has 16 heteroatoms. The molecule has 0 aliphatic rings. The van der Waals surface area contributed by atoms with Crippen LogP contribution in [0.2, 0.25) is 0 Å². The molecule has 0 heterocycles. The van der Waals surface area contributed by atoms with Gasteiger partial charge in [0.25, 0.3) is 12.9 Å². The highest BCUT2D eigenvalue weighted by Gasteiger charge is 2.46. The van der Waals surface area contributed by atoms with Crippen LogP contribution in [0.5, 0.6) is 0 Å². The minimum atomic E-state index is -3.16. The summed E-state index contributed by atoms with van der Waals surface area (Å²) < 4.78 is 88.2. The van der Waals surface area contributed by atoms with Crippen LogP contribution in [0, 0.1) is 11.6 Å². The second-order valence-corrected chi connectivity index (χ2v) is 12.1. The number of alkyl carbamates (subject to hydrolysis) is 1. The van der Waals surface area contributed by atoms with Crippen LogP contribution in [0.3, 0.4) is 0 Å². The van der Waals surface area contributed by atoms with Crippen LogP contribution < -0.4 is 10.6 Å². The van der Waals surface area contributed by atoms with Crippen LogP contribution in [0.4, 0.5) is 31.1 Å². The molecule has 2 amide bonds. The minimum absolute atomic E-state index is 0.364. The topological polar surface area (TPSA) is 108 Å². The molecule has 0 bridgehead atoms. The van der Waals surface area contributed by atoms with Crippen molar-refractivity contribution < 1.29 is 50.9 Å². The zero-order valence-electron chi connectivity index (χ0n) is 23.2. The number of carbonyl (C=O) groups is 2. The molecule has 242 valence electrons. The smallest absolute Gasteiger partial charge is 0.408 e. The maximum Gasteiger partial charge on any atom is 0.408 e. The van der Waals surface area contributed by atoms with Crippen molar-refractivity contribution in [3.8, 4) is 0 Å². The van der Waals surface area contributed by atoms with Crippen molar-refractivity contribution in [2.24, 2.45) is 0 Å². The Balaban J connectivity index is 0.000000434. The van der Waals surface area contributed by atoms with Crippen molar-refractivity contribution >= 4 is 55.5 Å². The van der Waals surface area contributed by atoms with Gasteiger partial charge < -0.3 is 25.6 Å². The third-order valence-electron chi connectivity index (χ3n) is 5.78. The average molecular weight is 773 g/mol. The number of aliphatic hydroxyl groups excluding tert-OH is 2. The standard InChI is InChI=1S/C15H19BrF3NO3.C12H12BrClF3NO2/c1-14(2,3)23-13(22)20-15(6-7-21,12(18)19)10-8-9(16)4-5-11(10)17;13-7-1-2-9(15)8(5-7)12(3-4-19,11(16)17)18-10(20)6-14/h4-5,8,12,21H,6-7H2,1-3H3,(H,20,22);1-2,5,11,19H,3-4,6H2,(H,18,20). The fourth-order valence-electron chi connectivity index (χ4n) is 3.89. The van der Waals surface area contributed by atoms with Gasteiger partial charge in [-0.25, -0.2) is 31.1 Å². The van der Waals surface area contributed by atoms with Crippen molar-refractivity contribution in [1.82, 2.24) is 10.6 Å². The molecule has 0 aliphatic carbocycles. The van der Waals surface area contributed by atoms with E-state index in [0.717, 1.165) is 24.3 Å². The van der Waals surface area contributed by atoms with Crippen LogP contribution in [0.25, 0.3) is 0 Å². The number of amides is 2. The number of alkyl halides is 5. The first kappa shape index (κ1) is 39.0. The molecule has 7 nitrogen and oxygen atoms in total. The lowest BCUT2D eigenvalue weighted by Crippen LogP contribution is -2.53. The van der Waals surface area contributed by atoms with Gasteiger partial charge in [0.1, 0.15) is 34.2 Å². The van der Waals surface area contributed by atoms with E-state index in [1.807, 2.05) is 10.6 Å². The molecule has 2 atom stereocenters. The molecular formula is C27H31Br2ClF6N2O5. The van der Waals surface area contributed by atoms with Gasteiger partial charge in [0.2, 0.25) is 5.91 Å². The van der Waals surface area contributed by atoms with Gasteiger partial charge >= 0.3 is 6.09 Å². The van der Waals surface area contributed by atoms with Crippen molar-refractivity contribution in [3.63, 3.8) is 0 Å². The van der Waals surface area contributed by atoms with Gasteiger partial charge in [-0.15, -0.1) is 11.6 Å². The fraction of sp³-hybridized carbons (Fsp3) is 0.481. The Kier molecular flexibility index (Phi) is 15.3. The van der Waals surface area contributed by atoms with E-state index < -0.39 is 96.2 Å². The van der Waals surface area contributed by atoms with E-state index in [9.17, 15) is 35.9 Å². The summed E-state index contributed by atoms with van der Waals surface area (Å²) >= 11 is 11.4. The number of ether oxygens (including phenoxy) is 1. The molecule has 0 saturated carbocycles. The predicted octanol–water partition coefficient (Wildman–Crippen LogP) is 6.74. The molecule has 2 unspecified atom stereocenters. The average Bonchev–Trinajstić information content (AvgIpc) is 2.89. The SMILES string of the molecule is CC(C)(C)OC(=O)NC(CCO)(c1cc(Br)ccc1F)C(F)F.O=C(CCl)NC(CCO)(c1cc(Br)ccc1F)C(F)F. The Hall–Kier alpha value is -2.07. The molecule has 2 aromatic rings. The summed E-state index contributed by atoms with van der Waals surface area (Å²) in [7, 11) is 0. The van der Waals surface area contributed by atoms with Gasteiger partial charge in [-0.3, -0.25) is 4.79 Å². The first-order valence-electron chi connectivity index (χ1n) is 12.5. The van der Waals surface area contributed by atoms with Gasteiger partial charge in [-0.2, -0.15) is 0 Å². The lowest BCUT2D eigenvalue weighted by molar-refractivity contribution is -0.124. The first-order valence-corrected chi connectivity index (χ1v) is 14.6. The van der Waals surface area contributed by atoms with Crippen molar-refractivity contribution in [1.29, 1.82) is 0 Å². The zero-order valence-corrected chi connectivity index (χ0v) is 27.1. The molecule has 2 rings (SSSR count). The first-order chi connectivity index (χ1) is 19.9. The number of rotatable bonds is 11. The van der Waals surface area contributed by atoms with Crippen LogP contribution in [0.15, 0.2) is 45.3 Å². The van der Waals surface area contributed by atoms with Crippen LogP contribution in [-0.2, 0) is 20.6 Å².